The molecule has 2 aromatic carbocycles. The molecule has 34 heavy (non-hydrogen) atoms. The van der Waals surface area contributed by atoms with Crippen LogP contribution in [0.2, 0.25) is 0 Å². The molecule has 0 spiro atoms. The van der Waals surface area contributed by atoms with Crippen LogP contribution in [0.15, 0.2) is 70.9 Å². The molecule has 4 rings (SSSR count). The van der Waals surface area contributed by atoms with Crippen molar-refractivity contribution in [2.75, 3.05) is 11.5 Å². The smallest absolute Gasteiger partial charge is 0.379 e. The van der Waals surface area contributed by atoms with Gasteiger partial charge < -0.3 is 13.9 Å². The summed E-state index contributed by atoms with van der Waals surface area (Å²) in [5.74, 6) is -1.88. The van der Waals surface area contributed by atoms with Crippen LogP contribution in [0.4, 0.5) is 10.5 Å². The Morgan fingerprint density at radius 3 is 2.59 bits per heavy atom. The van der Waals surface area contributed by atoms with Gasteiger partial charge in [-0.2, -0.15) is 0 Å². The number of carbonyl (C=O) groups excluding carboxylic acids is 4. The molecule has 0 unspecified atom stereocenters. The van der Waals surface area contributed by atoms with Crippen molar-refractivity contribution in [2.45, 2.75) is 13.8 Å². The highest BCUT2D eigenvalue weighted by Crippen LogP contribution is 2.31. The second-order valence-electron chi connectivity index (χ2n) is 7.30. The Kier molecular flexibility index (Phi) is 6.26. The van der Waals surface area contributed by atoms with E-state index < -0.39 is 23.8 Å². The van der Waals surface area contributed by atoms with Crippen LogP contribution in [0, 0.1) is 6.92 Å². The number of amides is 4. The molecule has 0 atom stereocenters. The van der Waals surface area contributed by atoms with E-state index in [0.717, 1.165) is 10.5 Å². The number of hydrogen-bond donors (Lipinski definition) is 1. The van der Waals surface area contributed by atoms with Crippen molar-refractivity contribution < 1.29 is 33.1 Å². The normalized spacial score (nSPS) is 14.8. The SMILES string of the molecule is CCOc1cc(/C=C2\C(=O)NC(=O)N(c3cccc(C)c3)C2=O)ccc1OC(=O)c1ccco1. The molecule has 1 aliphatic rings. The molecule has 1 aromatic heterocycles. The van der Waals surface area contributed by atoms with Gasteiger partial charge in [0.05, 0.1) is 18.6 Å². The van der Waals surface area contributed by atoms with Gasteiger partial charge in [0, 0.05) is 0 Å². The average molecular weight is 460 g/mol. The second-order valence-corrected chi connectivity index (χ2v) is 7.30. The van der Waals surface area contributed by atoms with Crippen LogP contribution < -0.4 is 19.7 Å². The summed E-state index contributed by atoms with van der Waals surface area (Å²) in [6, 6.07) is 13.6. The fraction of sp³-hybridized carbons (Fsp3) is 0.120. The number of esters is 1. The molecule has 0 radical (unpaired) electrons. The largest absolute Gasteiger partial charge is 0.490 e. The lowest BCUT2D eigenvalue weighted by atomic mass is 10.1. The van der Waals surface area contributed by atoms with E-state index in [-0.39, 0.29) is 29.4 Å². The number of anilines is 1. The molecule has 0 bridgehead atoms. The van der Waals surface area contributed by atoms with Gasteiger partial charge >= 0.3 is 12.0 Å². The Morgan fingerprint density at radius 2 is 1.88 bits per heavy atom. The van der Waals surface area contributed by atoms with Crippen molar-refractivity contribution in [3.63, 3.8) is 0 Å². The van der Waals surface area contributed by atoms with Crippen molar-refractivity contribution in [3.05, 3.63) is 83.3 Å². The predicted molar refractivity (Wildman–Crippen MR) is 121 cm³/mol. The number of nitrogens with zero attached hydrogens (tertiary/aromatic N) is 1. The molecule has 0 aliphatic carbocycles. The average Bonchev–Trinajstić information content (AvgIpc) is 3.33. The Bertz CT molecular complexity index is 1310. The molecule has 4 amide bonds. The highest BCUT2D eigenvalue weighted by Gasteiger charge is 2.36. The Balaban J connectivity index is 1.65. The van der Waals surface area contributed by atoms with Gasteiger partial charge in [-0.3, -0.25) is 14.9 Å². The number of barbiturate groups is 1. The zero-order valence-electron chi connectivity index (χ0n) is 18.4. The zero-order chi connectivity index (χ0) is 24.2. The van der Waals surface area contributed by atoms with E-state index in [2.05, 4.69) is 5.32 Å². The first kappa shape index (κ1) is 22.5. The molecule has 9 nitrogen and oxygen atoms in total. The number of imide groups is 2. The van der Waals surface area contributed by atoms with Crippen molar-refractivity contribution in [2.24, 2.45) is 0 Å². The van der Waals surface area contributed by atoms with E-state index in [0.29, 0.717) is 11.3 Å². The number of carbonyl (C=O) groups is 4. The van der Waals surface area contributed by atoms with Gasteiger partial charge in [0.15, 0.2) is 11.5 Å². The van der Waals surface area contributed by atoms with Gasteiger partial charge in [-0.25, -0.2) is 14.5 Å². The lowest BCUT2D eigenvalue weighted by Crippen LogP contribution is -2.54. The lowest BCUT2D eigenvalue weighted by Gasteiger charge is -2.26. The summed E-state index contributed by atoms with van der Waals surface area (Å²) >= 11 is 0. The van der Waals surface area contributed by atoms with Gasteiger partial charge in [0.2, 0.25) is 5.76 Å². The predicted octanol–water partition coefficient (Wildman–Crippen LogP) is 3.87. The van der Waals surface area contributed by atoms with Gasteiger partial charge in [-0.05, 0) is 67.4 Å². The number of rotatable bonds is 6. The number of urea groups is 1. The molecule has 3 aromatic rings. The molecule has 0 saturated carbocycles. The highest BCUT2D eigenvalue weighted by atomic mass is 16.6. The summed E-state index contributed by atoms with van der Waals surface area (Å²) in [5, 5.41) is 2.19. The maximum absolute atomic E-state index is 13.1. The monoisotopic (exact) mass is 460 g/mol. The van der Waals surface area contributed by atoms with Crippen molar-refractivity contribution in [1.29, 1.82) is 0 Å². The van der Waals surface area contributed by atoms with Crippen LogP contribution in [0.1, 0.15) is 28.6 Å². The first-order valence-corrected chi connectivity index (χ1v) is 10.4. The summed E-state index contributed by atoms with van der Waals surface area (Å²) in [4.78, 5) is 51.1. The summed E-state index contributed by atoms with van der Waals surface area (Å²) in [7, 11) is 0. The lowest BCUT2D eigenvalue weighted by molar-refractivity contribution is -0.122. The van der Waals surface area contributed by atoms with E-state index in [4.69, 9.17) is 13.9 Å². The van der Waals surface area contributed by atoms with Crippen LogP contribution in [0.5, 0.6) is 11.5 Å². The molecule has 9 heteroatoms. The Morgan fingerprint density at radius 1 is 1.06 bits per heavy atom. The van der Waals surface area contributed by atoms with E-state index in [1.165, 1.54) is 30.5 Å². The molecular weight excluding hydrogens is 440 g/mol. The van der Waals surface area contributed by atoms with Gasteiger partial charge in [-0.1, -0.05) is 18.2 Å². The number of furan rings is 1. The van der Waals surface area contributed by atoms with Gasteiger partial charge in [0.25, 0.3) is 11.8 Å². The van der Waals surface area contributed by atoms with Crippen LogP contribution in [-0.4, -0.2) is 30.4 Å². The summed E-state index contributed by atoms with van der Waals surface area (Å²) in [6.45, 7) is 3.86. The maximum Gasteiger partial charge on any atom is 0.379 e. The fourth-order valence-corrected chi connectivity index (χ4v) is 3.34. The number of nitrogens with one attached hydrogen (secondary N) is 1. The molecule has 1 fully saturated rings. The molecule has 2 heterocycles. The Labute approximate surface area is 194 Å². The number of aryl methyl sites for hydroxylation is 1. The fourth-order valence-electron chi connectivity index (χ4n) is 3.34. The first-order valence-electron chi connectivity index (χ1n) is 10.4. The van der Waals surface area contributed by atoms with E-state index in [1.807, 2.05) is 13.0 Å². The van der Waals surface area contributed by atoms with Gasteiger partial charge in [0.1, 0.15) is 5.57 Å². The first-order chi connectivity index (χ1) is 16.4. The summed E-state index contributed by atoms with van der Waals surface area (Å²) in [6.07, 6.45) is 2.69. The van der Waals surface area contributed by atoms with E-state index in [9.17, 15) is 19.2 Å². The third-order valence-corrected chi connectivity index (χ3v) is 4.87. The van der Waals surface area contributed by atoms with Crippen molar-refractivity contribution in [3.8, 4) is 11.5 Å². The summed E-state index contributed by atoms with van der Waals surface area (Å²) in [5.41, 5.74) is 1.39. The van der Waals surface area contributed by atoms with Crippen LogP contribution >= 0.6 is 0 Å². The highest BCUT2D eigenvalue weighted by molar-refractivity contribution is 6.39. The number of benzene rings is 2. The van der Waals surface area contributed by atoms with Crippen LogP contribution in [-0.2, 0) is 9.59 Å². The minimum absolute atomic E-state index is 0.0269. The third-order valence-electron chi connectivity index (χ3n) is 4.87. The zero-order valence-corrected chi connectivity index (χ0v) is 18.4. The number of hydrogen-bond acceptors (Lipinski definition) is 7. The van der Waals surface area contributed by atoms with Crippen molar-refractivity contribution in [1.82, 2.24) is 5.32 Å². The van der Waals surface area contributed by atoms with E-state index in [1.54, 1.807) is 37.3 Å². The summed E-state index contributed by atoms with van der Waals surface area (Å²) < 4.78 is 16.0. The molecule has 1 saturated heterocycles. The minimum Gasteiger partial charge on any atom is -0.490 e. The number of ether oxygens (including phenoxy) is 2. The molecule has 172 valence electrons. The van der Waals surface area contributed by atoms with Gasteiger partial charge in [-0.15, -0.1) is 0 Å². The maximum atomic E-state index is 13.1. The molecule has 1 N–H and O–H groups in total. The third kappa shape index (κ3) is 4.58. The van der Waals surface area contributed by atoms with E-state index >= 15 is 0 Å². The molecular formula is C25H20N2O7. The standard InChI is InChI=1S/C25H20N2O7/c1-3-32-21-14-16(9-10-19(21)34-24(30)20-8-5-11-33-20)13-18-22(28)26-25(31)27(23(18)29)17-7-4-6-15(2)12-17/h4-14H,3H2,1-2H3,(H,26,28,31)/b18-13+. The van der Waals surface area contributed by atoms with Crippen LogP contribution in [0.3, 0.4) is 0 Å². The molecule has 1 aliphatic heterocycles. The second kappa shape index (κ2) is 9.45. The van der Waals surface area contributed by atoms with Crippen molar-refractivity contribution >= 4 is 35.6 Å². The Hall–Kier alpha value is -4.66. The van der Waals surface area contributed by atoms with Crippen LogP contribution in [0.25, 0.3) is 6.08 Å². The topological polar surface area (TPSA) is 115 Å². The minimum atomic E-state index is -0.826. The quantitative estimate of drug-likeness (QED) is 0.257.